The minimum absolute atomic E-state index is 0.0159. The van der Waals surface area contributed by atoms with Crippen molar-refractivity contribution >= 4 is 16.7 Å². The van der Waals surface area contributed by atoms with Crippen LogP contribution in [0.3, 0.4) is 0 Å². The normalized spacial score (nSPS) is 22.7. The molecule has 6 rings (SSSR count). The zero-order valence-electron chi connectivity index (χ0n) is 21.4. The van der Waals surface area contributed by atoms with E-state index in [0.717, 1.165) is 105 Å². The molecule has 9 nitrogen and oxygen atoms in total. The summed E-state index contributed by atoms with van der Waals surface area (Å²) in [7, 11) is 0. The summed E-state index contributed by atoms with van der Waals surface area (Å²) >= 11 is 0. The summed E-state index contributed by atoms with van der Waals surface area (Å²) in [4.78, 5) is 14.1. The Balaban J connectivity index is 1.11. The third kappa shape index (κ3) is 5.19. The van der Waals surface area contributed by atoms with Crippen LogP contribution in [-0.4, -0.2) is 88.7 Å². The monoisotopic (exact) mass is 491 g/mol. The summed E-state index contributed by atoms with van der Waals surface area (Å²) < 4.78 is 12.3. The van der Waals surface area contributed by atoms with Crippen molar-refractivity contribution < 1.29 is 9.47 Å². The predicted molar refractivity (Wildman–Crippen MR) is 140 cm³/mol. The van der Waals surface area contributed by atoms with E-state index in [1.54, 1.807) is 6.33 Å². The van der Waals surface area contributed by atoms with E-state index in [0.29, 0.717) is 12.1 Å². The summed E-state index contributed by atoms with van der Waals surface area (Å²) in [6.45, 7) is 11.3. The smallest absolute Gasteiger partial charge is 0.132 e. The van der Waals surface area contributed by atoms with Crippen LogP contribution in [0.4, 0.5) is 5.82 Å². The molecule has 1 atom stereocenters. The van der Waals surface area contributed by atoms with Gasteiger partial charge in [0.05, 0.1) is 23.9 Å². The summed E-state index contributed by atoms with van der Waals surface area (Å²) in [5, 5.41) is 12.2. The van der Waals surface area contributed by atoms with E-state index in [9.17, 15) is 0 Å². The molecule has 2 aromatic heterocycles. The highest BCUT2D eigenvalue weighted by atomic mass is 16.5. The molecule has 1 saturated carbocycles. The van der Waals surface area contributed by atoms with Gasteiger partial charge in [-0.2, -0.15) is 5.10 Å². The lowest BCUT2D eigenvalue weighted by Gasteiger charge is -2.40. The van der Waals surface area contributed by atoms with Gasteiger partial charge >= 0.3 is 0 Å². The van der Waals surface area contributed by atoms with E-state index in [2.05, 4.69) is 61.3 Å². The number of ether oxygens (including phenoxy) is 2. The largest absolute Gasteiger partial charge is 0.488 e. The molecule has 1 aromatic carbocycles. The molecule has 0 radical (unpaired) electrons. The van der Waals surface area contributed by atoms with Gasteiger partial charge in [-0.1, -0.05) is 0 Å². The molecule has 1 aliphatic carbocycles. The number of piperazine rings is 1. The molecule has 192 valence electrons. The number of rotatable bonds is 8. The summed E-state index contributed by atoms with van der Waals surface area (Å²) in [5.74, 6) is 1.83. The van der Waals surface area contributed by atoms with Crippen LogP contribution in [0.5, 0.6) is 5.75 Å². The van der Waals surface area contributed by atoms with Crippen LogP contribution in [0.15, 0.2) is 30.6 Å². The number of hydrogen-bond donors (Lipinski definition) is 2. The molecular formula is C27H37N7O2. The Morgan fingerprint density at radius 3 is 2.78 bits per heavy atom. The number of piperidine rings is 1. The molecule has 3 fully saturated rings. The van der Waals surface area contributed by atoms with Crippen LogP contribution in [0.1, 0.15) is 39.5 Å². The second-order valence-corrected chi connectivity index (χ2v) is 10.7. The number of aromatic nitrogens is 4. The standard InChI is InChI=1S/C27H37N7O2/c1-19-17-34(12-11-33(19)13-14-35-20-5-9-28-10-6-20)25-16-24(29-18-30-25)26-22-15-21(36-27(2)7-8-27)3-4-23(22)31-32-26/h3-4,15-16,18-20,28H,5-14,17H2,1-2H3,(H,31,32)/t19-/m0/s1. The number of nitrogens with one attached hydrogen (secondary N) is 2. The lowest BCUT2D eigenvalue weighted by Crippen LogP contribution is -2.53. The first-order valence-corrected chi connectivity index (χ1v) is 13.4. The Kier molecular flexibility index (Phi) is 6.54. The van der Waals surface area contributed by atoms with E-state index in [4.69, 9.17) is 9.47 Å². The van der Waals surface area contributed by atoms with Crippen LogP contribution >= 0.6 is 0 Å². The van der Waals surface area contributed by atoms with E-state index >= 15 is 0 Å². The maximum atomic E-state index is 6.19. The highest BCUT2D eigenvalue weighted by molar-refractivity contribution is 5.93. The van der Waals surface area contributed by atoms with Gasteiger partial charge in [-0.05, 0) is 70.8 Å². The lowest BCUT2D eigenvalue weighted by molar-refractivity contribution is 0.0136. The molecule has 9 heteroatoms. The quantitative estimate of drug-likeness (QED) is 0.496. The predicted octanol–water partition coefficient (Wildman–Crippen LogP) is 3.23. The average Bonchev–Trinajstić information content (AvgIpc) is 3.47. The van der Waals surface area contributed by atoms with Crippen molar-refractivity contribution in [2.75, 3.05) is 50.8 Å². The lowest BCUT2D eigenvalue weighted by atomic mass is 10.1. The molecular weight excluding hydrogens is 454 g/mol. The van der Waals surface area contributed by atoms with Gasteiger partial charge in [0.2, 0.25) is 0 Å². The van der Waals surface area contributed by atoms with Crippen LogP contribution in [0, 0.1) is 0 Å². The first-order valence-electron chi connectivity index (χ1n) is 13.4. The second kappa shape index (κ2) is 9.95. The number of nitrogens with zero attached hydrogens (tertiary/aromatic N) is 5. The first-order chi connectivity index (χ1) is 17.6. The van der Waals surface area contributed by atoms with Crippen molar-refractivity contribution in [1.29, 1.82) is 0 Å². The molecule has 3 aromatic rings. The molecule has 2 aliphatic heterocycles. The van der Waals surface area contributed by atoms with Crippen LogP contribution in [0.25, 0.3) is 22.3 Å². The number of benzene rings is 1. The van der Waals surface area contributed by atoms with Crippen molar-refractivity contribution in [3.8, 4) is 17.1 Å². The van der Waals surface area contributed by atoms with Crippen LogP contribution < -0.4 is 15.0 Å². The topological polar surface area (TPSA) is 91.4 Å². The highest BCUT2D eigenvalue weighted by Crippen LogP contribution is 2.40. The van der Waals surface area contributed by atoms with Gasteiger partial charge < -0.3 is 19.7 Å². The Hall–Kier alpha value is -2.75. The zero-order chi connectivity index (χ0) is 24.5. The van der Waals surface area contributed by atoms with Gasteiger partial charge in [-0.15, -0.1) is 0 Å². The molecule has 0 spiro atoms. The number of hydrogen-bond acceptors (Lipinski definition) is 8. The third-order valence-corrected chi connectivity index (χ3v) is 7.86. The molecule has 0 amide bonds. The van der Waals surface area contributed by atoms with Gasteiger partial charge in [0, 0.05) is 43.7 Å². The maximum absolute atomic E-state index is 6.19. The van der Waals surface area contributed by atoms with Gasteiger partial charge in [0.1, 0.15) is 29.2 Å². The molecule has 4 heterocycles. The second-order valence-electron chi connectivity index (χ2n) is 10.7. The molecule has 0 unspecified atom stereocenters. The molecule has 2 saturated heterocycles. The molecule has 2 N–H and O–H groups in total. The number of anilines is 1. The molecule has 0 bridgehead atoms. The number of fused-ring (bicyclic) bond motifs is 1. The van der Waals surface area contributed by atoms with Gasteiger partial charge in [0.15, 0.2) is 0 Å². The van der Waals surface area contributed by atoms with Gasteiger partial charge in [-0.25, -0.2) is 9.97 Å². The van der Waals surface area contributed by atoms with E-state index in [-0.39, 0.29) is 5.60 Å². The maximum Gasteiger partial charge on any atom is 0.132 e. The highest BCUT2D eigenvalue weighted by Gasteiger charge is 2.40. The fourth-order valence-electron chi connectivity index (χ4n) is 5.30. The Labute approximate surface area is 212 Å². The number of aromatic amines is 1. The molecule has 36 heavy (non-hydrogen) atoms. The zero-order valence-corrected chi connectivity index (χ0v) is 21.4. The van der Waals surface area contributed by atoms with Crippen molar-refractivity contribution in [1.82, 2.24) is 30.4 Å². The SMILES string of the molecule is C[C@H]1CN(c2cc(-c3n[nH]c4ccc(OC5(C)CC5)cc34)ncn2)CCN1CCOC1CCNCC1. The Bertz CT molecular complexity index is 1190. The number of H-pyrrole nitrogens is 1. The average molecular weight is 492 g/mol. The van der Waals surface area contributed by atoms with Crippen molar-refractivity contribution in [2.24, 2.45) is 0 Å². The van der Waals surface area contributed by atoms with Crippen LogP contribution in [-0.2, 0) is 4.74 Å². The minimum Gasteiger partial charge on any atom is -0.488 e. The van der Waals surface area contributed by atoms with Gasteiger partial charge in [0.25, 0.3) is 0 Å². The Morgan fingerprint density at radius 2 is 1.97 bits per heavy atom. The van der Waals surface area contributed by atoms with Crippen molar-refractivity contribution in [3.05, 3.63) is 30.6 Å². The summed E-state index contributed by atoms with van der Waals surface area (Å²) in [6.07, 6.45) is 6.53. The van der Waals surface area contributed by atoms with E-state index < -0.39 is 0 Å². The third-order valence-electron chi connectivity index (χ3n) is 7.86. The summed E-state index contributed by atoms with van der Waals surface area (Å²) in [6, 6.07) is 8.62. The fraction of sp³-hybridized carbons (Fsp3) is 0.593. The van der Waals surface area contributed by atoms with Gasteiger partial charge in [-0.3, -0.25) is 10.00 Å². The van der Waals surface area contributed by atoms with Crippen molar-refractivity contribution in [2.45, 2.75) is 57.3 Å². The first kappa shape index (κ1) is 23.6. The van der Waals surface area contributed by atoms with E-state index in [1.165, 1.54) is 0 Å². The van der Waals surface area contributed by atoms with E-state index in [1.807, 2.05) is 12.1 Å². The van der Waals surface area contributed by atoms with Crippen molar-refractivity contribution in [3.63, 3.8) is 0 Å². The minimum atomic E-state index is -0.0159. The van der Waals surface area contributed by atoms with Crippen LogP contribution in [0.2, 0.25) is 0 Å². The fourth-order valence-corrected chi connectivity index (χ4v) is 5.30. The Morgan fingerprint density at radius 1 is 1.11 bits per heavy atom. The summed E-state index contributed by atoms with van der Waals surface area (Å²) in [5.41, 5.74) is 2.62. The molecule has 3 aliphatic rings.